The third-order valence-corrected chi connectivity index (χ3v) is 5.06. The van der Waals surface area contributed by atoms with E-state index in [4.69, 9.17) is 4.42 Å². The van der Waals surface area contributed by atoms with Gasteiger partial charge in [-0.3, -0.25) is 9.59 Å². The standard InChI is InChI=1S/C22H22N4O3/c1-15-6-7-17(12-18(15)25-22(28)19-13-29-14-24-19)21(27)23-9-11-26-10-8-16-4-2-3-5-20(16)26/h2-7,12-14H,8-11H2,1H3,(H,23,27)(H,25,28). The molecule has 0 saturated carbocycles. The second-order valence-electron chi connectivity index (χ2n) is 6.98. The Labute approximate surface area is 168 Å². The first-order chi connectivity index (χ1) is 14.1. The second-order valence-corrected chi connectivity index (χ2v) is 6.98. The summed E-state index contributed by atoms with van der Waals surface area (Å²) in [4.78, 5) is 30.9. The fourth-order valence-electron chi connectivity index (χ4n) is 3.45. The van der Waals surface area contributed by atoms with Gasteiger partial charge in [0.05, 0.1) is 0 Å². The number of benzene rings is 2. The third-order valence-electron chi connectivity index (χ3n) is 5.06. The van der Waals surface area contributed by atoms with Gasteiger partial charge in [-0.25, -0.2) is 4.98 Å². The van der Waals surface area contributed by atoms with Gasteiger partial charge in [0, 0.05) is 36.6 Å². The molecule has 0 saturated heterocycles. The van der Waals surface area contributed by atoms with Crippen molar-refractivity contribution in [3.63, 3.8) is 0 Å². The fourth-order valence-corrected chi connectivity index (χ4v) is 3.45. The summed E-state index contributed by atoms with van der Waals surface area (Å²) in [6, 6.07) is 13.6. The number of aromatic nitrogens is 1. The molecule has 0 atom stereocenters. The molecule has 7 heteroatoms. The minimum atomic E-state index is -0.382. The molecule has 0 spiro atoms. The van der Waals surface area contributed by atoms with Crippen molar-refractivity contribution in [3.8, 4) is 0 Å². The molecule has 2 aromatic carbocycles. The van der Waals surface area contributed by atoms with E-state index < -0.39 is 0 Å². The van der Waals surface area contributed by atoms with Crippen molar-refractivity contribution >= 4 is 23.2 Å². The van der Waals surface area contributed by atoms with Gasteiger partial charge >= 0.3 is 0 Å². The number of nitrogens with one attached hydrogen (secondary N) is 2. The SMILES string of the molecule is Cc1ccc(C(=O)NCCN2CCc3ccccc32)cc1NC(=O)c1cocn1. The third kappa shape index (κ3) is 4.13. The van der Waals surface area contributed by atoms with Gasteiger partial charge in [0.15, 0.2) is 12.1 Å². The van der Waals surface area contributed by atoms with Crippen molar-refractivity contribution in [1.29, 1.82) is 0 Å². The molecule has 148 valence electrons. The number of oxazole rings is 1. The molecule has 2 N–H and O–H groups in total. The van der Waals surface area contributed by atoms with Gasteiger partial charge in [0.2, 0.25) is 0 Å². The van der Waals surface area contributed by atoms with Crippen LogP contribution in [0, 0.1) is 6.92 Å². The first kappa shape index (κ1) is 18.7. The smallest absolute Gasteiger partial charge is 0.277 e. The lowest BCUT2D eigenvalue weighted by Crippen LogP contribution is -2.34. The Hall–Kier alpha value is -3.61. The Balaban J connectivity index is 1.36. The molecule has 3 aromatic rings. The molecule has 1 aromatic heterocycles. The molecule has 0 bridgehead atoms. The largest absolute Gasteiger partial charge is 0.451 e. The Kier molecular flexibility index (Phi) is 5.29. The van der Waals surface area contributed by atoms with E-state index in [1.807, 2.05) is 19.1 Å². The minimum absolute atomic E-state index is 0.172. The monoisotopic (exact) mass is 390 g/mol. The number of amides is 2. The number of nitrogens with zero attached hydrogens (tertiary/aromatic N) is 2. The van der Waals surface area contributed by atoms with Crippen LogP contribution in [0.5, 0.6) is 0 Å². The molecule has 0 fully saturated rings. The average Bonchev–Trinajstić information content (AvgIpc) is 3.40. The average molecular weight is 390 g/mol. The van der Waals surface area contributed by atoms with Gasteiger partial charge in [-0.05, 0) is 42.7 Å². The summed E-state index contributed by atoms with van der Waals surface area (Å²) >= 11 is 0. The summed E-state index contributed by atoms with van der Waals surface area (Å²) in [6.07, 6.45) is 3.51. The number of anilines is 2. The molecule has 1 aliphatic rings. The first-order valence-electron chi connectivity index (χ1n) is 9.53. The Morgan fingerprint density at radius 2 is 2.03 bits per heavy atom. The lowest BCUT2D eigenvalue weighted by atomic mass is 10.1. The van der Waals surface area contributed by atoms with Crippen LogP contribution in [0.4, 0.5) is 11.4 Å². The van der Waals surface area contributed by atoms with Crippen LogP contribution in [-0.2, 0) is 6.42 Å². The van der Waals surface area contributed by atoms with Gasteiger partial charge in [0.1, 0.15) is 6.26 Å². The van der Waals surface area contributed by atoms with Crippen molar-refractivity contribution in [1.82, 2.24) is 10.3 Å². The summed E-state index contributed by atoms with van der Waals surface area (Å²) in [6.45, 7) is 4.13. The molecule has 29 heavy (non-hydrogen) atoms. The molecule has 0 aliphatic carbocycles. The number of carbonyl (C=O) groups excluding carboxylic acids is 2. The lowest BCUT2D eigenvalue weighted by molar-refractivity contribution is 0.0953. The summed E-state index contributed by atoms with van der Waals surface area (Å²) in [5.41, 5.74) is 4.70. The van der Waals surface area contributed by atoms with Crippen molar-refractivity contribution in [2.75, 3.05) is 29.9 Å². The van der Waals surface area contributed by atoms with Crippen LogP contribution in [0.2, 0.25) is 0 Å². The summed E-state index contributed by atoms with van der Waals surface area (Å²) < 4.78 is 4.83. The number of para-hydroxylation sites is 1. The maximum atomic E-state index is 12.6. The highest BCUT2D eigenvalue weighted by atomic mass is 16.3. The predicted molar refractivity (Wildman–Crippen MR) is 110 cm³/mol. The van der Waals surface area contributed by atoms with Crippen LogP contribution in [0.3, 0.4) is 0 Å². The lowest BCUT2D eigenvalue weighted by Gasteiger charge is -2.19. The number of hydrogen-bond donors (Lipinski definition) is 2. The zero-order chi connectivity index (χ0) is 20.2. The van der Waals surface area contributed by atoms with Gasteiger partial charge in [-0.1, -0.05) is 24.3 Å². The number of hydrogen-bond acceptors (Lipinski definition) is 5. The van der Waals surface area contributed by atoms with E-state index in [1.54, 1.807) is 12.1 Å². The van der Waals surface area contributed by atoms with Crippen LogP contribution >= 0.6 is 0 Å². The van der Waals surface area contributed by atoms with E-state index in [9.17, 15) is 9.59 Å². The number of fused-ring (bicyclic) bond motifs is 1. The first-order valence-corrected chi connectivity index (χ1v) is 9.53. The van der Waals surface area contributed by atoms with Crippen LogP contribution in [0.15, 0.2) is 59.5 Å². The van der Waals surface area contributed by atoms with E-state index in [0.717, 1.165) is 25.1 Å². The predicted octanol–water partition coefficient (Wildman–Crippen LogP) is 3.03. The van der Waals surface area contributed by atoms with Crippen LogP contribution < -0.4 is 15.5 Å². The van der Waals surface area contributed by atoms with Crippen LogP contribution in [0.25, 0.3) is 0 Å². The molecule has 2 heterocycles. The number of aryl methyl sites for hydroxylation is 1. The van der Waals surface area contributed by atoms with Crippen LogP contribution in [0.1, 0.15) is 32.0 Å². The molecule has 2 amide bonds. The zero-order valence-corrected chi connectivity index (χ0v) is 16.1. The number of rotatable bonds is 6. The maximum absolute atomic E-state index is 12.6. The zero-order valence-electron chi connectivity index (χ0n) is 16.1. The molecule has 4 rings (SSSR count). The number of carbonyl (C=O) groups is 2. The van der Waals surface area contributed by atoms with E-state index in [1.165, 1.54) is 23.9 Å². The van der Waals surface area contributed by atoms with Gasteiger partial charge in [0.25, 0.3) is 11.8 Å². The molecule has 1 aliphatic heterocycles. The fraction of sp³-hybridized carbons (Fsp3) is 0.227. The highest BCUT2D eigenvalue weighted by molar-refractivity contribution is 6.04. The molecule has 0 radical (unpaired) electrons. The maximum Gasteiger partial charge on any atom is 0.277 e. The molecule has 0 unspecified atom stereocenters. The Morgan fingerprint density at radius 1 is 1.17 bits per heavy atom. The second kappa shape index (κ2) is 8.18. The van der Waals surface area contributed by atoms with E-state index >= 15 is 0 Å². The Bertz CT molecular complexity index is 1030. The minimum Gasteiger partial charge on any atom is -0.451 e. The quantitative estimate of drug-likeness (QED) is 0.676. The normalized spacial score (nSPS) is 12.5. The van der Waals surface area contributed by atoms with Gasteiger partial charge in [-0.2, -0.15) is 0 Å². The highest BCUT2D eigenvalue weighted by Crippen LogP contribution is 2.26. The van der Waals surface area contributed by atoms with Gasteiger partial charge < -0.3 is 20.0 Å². The molecular weight excluding hydrogens is 368 g/mol. The highest BCUT2D eigenvalue weighted by Gasteiger charge is 2.18. The van der Waals surface area contributed by atoms with Crippen molar-refractivity contribution < 1.29 is 14.0 Å². The van der Waals surface area contributed by atoms with Crippen molar-refractivity contribution in [2.24, 2.45) is 0 Å². The summed E-state index contributed by atoms with van der Waals surface area (Å²) in [5.74, 6) is -0.554. The molecule has 7 nitrogen and oxygen atoms in total. The van der Waals surface area contributed by atoms with Gasteiger partial charge in [-0.15, -0.1) is 0 Å². The van der Waals surface area contributed by atoms with Crippen LogP contribution in [-0.4, -0.2) is 36.4 Å². The van der Waals surface area contributed by atoms with E-state index in [-0.39, 0.29) is 17.5 Å². The van der Waals surface area contributed by atoms with Crippen molar-refractivity contribution in [2.45, 2.75) is 13.3 Å². The molecular formula is C22H22N4O3. The van der Waals surface area contributed by atoms with E-state index in [2.05, 4.69) is 38.7 Å². The van der Waals surface area contributed by atoms with Crippen molar-refractivity contribution in [3.05, 3.63) is 77.5 Å². The van der Waals surface area contributed by atoms with E-state index in [0.29, 0.717) is 17.8 Å². The summed E-state index contributed by atoms with van der Waals surface area (Å²) in [7, 11) is 0. The topological polar surface area (TPSA) is 87.5 Å². The summed E-state index contributed by atoms with van der Waals surface area (Å²) in [5, 5.41) is 5.73. The Morgan fingerprint density at radius 3 is 2.86 bits per heavy atom.